The zero-order valence-electron chi connectivity index (χ0n) is 10.2. The maximum absolute atomic E-state index is 13.3. The summed E-state index contributed by atoms with van der Waals surface area (Å²) in [5.74, 6) is -3.00. The molecule has 1 atom stereocenters. The summed E-state index contributed by atoms with van der Waals surface area (Å²) in [4.78, 5) is 32.8. The summed E-state index contributed by atoms with van der Waals surface area (Å²) >= 11 is 0. The molecule has 1 unspecified atom stereocenters. The number of imidazole rings is 1. The first-order chi connectivity index (χ1) is 9.58. The van der Waals surface area contributed by atoms with Crippen LogP contribution in [0, 0.1) is 5.95 Å². The van der Waals surface area contributed by atoms with Crippen LogP contribution in [0.1, 0.15) is 16.1 Å². The SMILES string of the molecule is O=C(NC(Cc1cnc[nH]1)C(=O)O)c1cccnc1F. The van der Waals surface area contributed by atoms with Gasteiger partial charge in [0.25, 0.3) is 5.91 Å². The summed E-state index contributed by atoms with van der Waals surface area (Å²) in [5.41, 5.74) is 0.243. The van der Waals surface area contributed by atoms with Gasteiger partial charge < -0.3 is 15.4 Å². The lowest BCUT2D eigenvalue weighted by molar-refractivity contribution is -0.139. The Morgan fingerprint density at radius 2 is 2.30 bits per heavy atom. The summed E-state index contributed by atoms with van der Waals surface area (Å²) in [6.07, 6.45) is 4.07. The number of pyridine rings is 1. The minimum atomic E-state index is -1.22. The Balaban J connectivity index is 2.10. The van der Waals surface area contributed by atoms with Crippen molar-refractivity contribution in [3.63, 3.8) is 0 Å². The third-order valence-corrected chi connectivity index (χ3v) is 2.59. The van der Waals surface area contributed by atoms with E-state index in [1.165, 1.54) is 30.9 Å². The van der Waals surface area contributed by atoms with E-state index in [1.807, 2.05) is 0 Å². The third kappa shape index (κ3) is 3.16. The van der Waals surface area contributed by atoms with Crippen LogP contribution < -0.4 is 5.32 Å². The first-order valence-electron chi connectivity index (χ1n) is 5.69. The number of aromatic nitrogens is 3. The number of carbonyl (C=O) groups excluding carboxylic acids is 1. The first kappa shape index (κ1) is 13.7. The lowest BCUT2D eigenvalue weighted by Gasteiger charge is -2.13. The van der Waals surface area contributed by atoms with Crippen molar-refractivity contribution in [1.29, 1.82) is 0 Å². The molecule has 0 aliphatic heterocycles. The van der Waals surface area contributed by atoms with Crippen molar-refractivity contribution in [2.45, 2.75) is 12.5 Å². The lowest BCUT2D eigenvalue weighted by Crippen LogP contribution is -2.42. The van der Waals surface area contributed by atoms with Gasteiger partial charge >= 0.3 is 5.97 Å². The molecule has 0 aliphatic carbocycles. The van der Waals surface area contributed by atoms with Crippen LogP contribution in [-0.4, -0.2) is 38.0 Å². The van der Waals surface area contributed by atoms with Crippen LogP contribution in [-0.2, 0) is 11.2 Å². The average molecular weight is 278 g/mol. The van der Waals surface area contributed by atoms with Gasteiger partial charge in [0.15, 0.2) is 0 Å². The maximum Gasteiger partial charge on any atom is 0.326 e. The van der Waals surface area contributed by atoms with Crippen LogP contribution in [0.4, 0.5) is 4.39 Å². The summed E-state index contributed by atoms with van der Waals surface area (Å²) in [6, 6.07) is 1.43. The van der Waals surface area contributed by atoms with Crippen molar-refractivity contribution < 1.29 is 19.1 Å². The maximum atomic E-state index is 13.3. The Hall–Kier alpha value is -2.77. The molecule has 3 N–H and O–H groups in total. The van der Waals surface area contributed by atoms with Gasteiger partial charge in [0.2, 0.25) is 5.95 Å². The van der Waals surface area contributed by atoms with Crippen molar-refractivity contribution in [3.8, 4) is 0 Å². The van der Waals surface area contributed by atoms with E-state index >= 15 is 0 Å². The van der Waals surface area contributed by atoms with Crippen LogP contribution >= 0.6 is 0 Å². The van der Waals surface area contributed by atoms with E-state index in [2.05, 4.69) is 20.3 Å². The average Bonchev–Trinajstić information content (AvgIpc) is 2.91. The van der Waals surface area contributed by atoms with Crippen molar-refractivity contribution >= 4 is 11.9 Å². The number of amides is 1. The van der Waals surface area contributed by atoms with Gasteiger partial charge in [-0.25, -0.2) is 14.8 Å². The van der Waals surface area contributed by atoms with Gasteiger partial charge in [-0.1, -0.05) is 0 Å². The minimum Gasteiger partial charge on any atom is -0.480 e. The van der Waals surface area contributed by atoms with E-state index in [-0.39, 0.29) is 12.0 Å². The van der Waals surface area contributed by atoms with E-state index < -0.39 is 23.9 Å². The molecule has 2 aromatic heterocycles. The predicted molar refractivity (Wildman–Crippen MR) is 65.4 cm³/mol. The fourth-order valence-electron chi connectivity index (χ4n) is 1.61. The molecule has 0 aliphatic rings. The number of nitrogens with one attached hydrogen (secondary N) is 2. The molecule has 0 aromatic carbocycles. The Morgan fingerprint density at radius 1 is 1.50 bits per heavy atom. The van der Waals surface area contributed by atoms with E-state index in [4.69, 9.17) is 5.11 Å². The number of carboxylic acid groups (broad SMARTS) is 1. The number of aliphatic carboxylic acids is 1. The molecule has 0 radical (unpaired) electrons. The van der Waals surface area contributed by atoms with Crippen LogP contribution in [0.3, 0.4) is 0 Å². The number of H-pyrrole nitrogens is 1. The standard InChI is InChI=1S/C12H11FN4O3/c13-10-8(2-1-3-15-10)11(18)17-9(12(19)20)4-7-5-14-6-16-7/h1-3,5-6,9H,4H2,(H,14,16)(H,17,18)(H,19,20). The fraction of sp³-hybridized carbons (Fsp3) is 0.167. The molecule has 0 fully saturated rings. The molecule has 0 saturated heterocycles. The van der Waals surface area contributed by atoms with Gasteiger partial charge in [-0.2, -0.15) is 4.39 Å². The largest absolute Gasteiger partial charge is 0.480 e. The minimum absolute atomic E-state index is 0.0168. The monoisotopic (exact) mass is 278 g/mol. The molecule has 20 heavy (non-hydrogen) atoms. The van der Waals surface area contributed by atoms with Crippen molar-refractivity contribution in [3.05, 3.63) is 48.1 Å². The Bertz CT molecular complexity index is 615. The fourth-order valence-corrected chi connectivity index (χ4v) is 1.61. The summed E-state index contributed by atoms with van der Waals surface area (Å²) in [5, 5.41) is 11.3. The smallest absolute Gasteiger partial charge is 0.326 e. The van der Waals surface area contributed by atoms with E-state index in [1.54, 1.807) is 0 Å². The summed E-state index contributed by atoms with van der Waals surface area (Å²) in [7, 11) is 0. The number of nitrogens with zero attached hydrogens (tertiary/aromatic N) is 2. The normalized spacial score (nSPS) is 11.8. The molecular formula is C12H11FN4O3. The van der Waals surface area contributed by atoms with Crippen LogP contribution in [0.15, 0.2) is 30.9 Å². The molecule has 1 amide bonds. The number of carbonyl (C=O) groups is 2. The molecule has 7 nitrogen and oxygen atoms in total. The quantitative estimate of drug-likeness (QED) is 0.685. The molecule has 2 aromatic rings. The van der Waals surface area contributed by atoms with Gasteiger partial charge in [0.05, 0.1) is 11.9 Å². The first-order valence-corrected chi connectivity index (χ1v) is 5.69. The van der Waals surface area contributed by atoms with Crippen LogP contribution in [0.2, 0.25) is 0 Å². The Labute approximate surface area is 112 Å². The van der Waals surface area contributed by atoms with Gasteiger partial charge in [-0.3, -0.25) is 4.79 Å². The number of carboxylic acids is 1. The van der Waals surface area contributed by atoms with Crippen LogP contribution in [0.5, 0.6) is 0 Å². The second-order valence-electron chi connectivity index (χ2n) is 3.99. The highest BCUT2D eigenvalue weighted by molar-refractivity contribution is 5.96. The van der Waals surface area contributed by atoms with Crippen molar-refractivity contribution in [2.75, 3.05) is 0 Å². The second-order valence-corrected chi connectivity index (χ2v) is 3.99. The number of aromatic amines is 1. The molecule has 2 rings (SSSR count). The van der Waals surface area contributed by atoms with Gasteiger partial charge in [-0.15, -0.1) is 0 Å². The molecule has 2 heterocycles. The van der Waals surface area contributed by atoms with Gasteiger partial charge in [0.1, 0.15) is 6.04 Å². The Morgan fingerprint density at radius 3 is 2.90 bits per heavy atom. The molecule has 0 bridgehead atoms. The molecule has 0 saturated carbocycles. The topological polar surface area (TPSA) is 108 Å². The zero-order chi connectivity index (χ0) is 14.5. The molecule has 104 valence electrons. The highest BCUT2D eigenvalue weighted by Crippen LogP contribution is 2.05. The van der Waals surface area contributed by atoms with Gasteiger partial charge in [0, 0.05) is 24.5 Å². The Kier molecular flexibility index (Phi) is 4.04. The molecule has 0 spiro atoms. The van der Waals surface area contributed by atoms with Crippen molar-refractivity contribution in [2.24, 2.45) is 0 Å². The van der Waals surface area contributed by atoms with Crippen LogP contribution in [0.25, 0.3) is 0 Å². The van der Waals surface area contributed by atoms with Crippen molar-refractivity contribution in [1.82, 2.24) is 20.3 Å². The van der Waals surface area contributed by atoms with E-state index in [0.29, 0.717) is 5.69 Å². The van der Waals surface area contributed by atoms with E-state index in [9.17, 15) is 14.0 Å². The summed E-state index contributed by atoms with van der Waals surface area (Å²) < 4.78 is 13.3. The van der Waals surface area contributed by atoms with Gasteiger partial charge in [-0.05, 0) is 12.1 Å². The number of rotatable bonds is 5. The molecule has 8 heteroatoms. The number of hydrogen-bond acceptors (Lipinski definition) is 4. The number of halogens is 1. The van der Waals surface area contributed by atoms with E-state index in [0.717, 1.165) is 0 Å². The highest BCUT2D eigenvalue weighted by atomic mass is 19.1. The predicted octanol–water partition coefficient (Wildman–Crippen LogP) is 0.369. The summed E-state index contributed by atoms with van der Waals surface area (Å²) in [6.45, 7) is 0. The molecular weight excluding hydrogens is 267 g/mol. The third-order valence-electron chi connectivity index (χ3n) is 2.59. The zero-order valence-corrected chi connectivity index (χ0v) is 10.2. The lowest BCUT2D eigenvalue weighted by atomic mass is 10.1. The number of hydrogen-bond donors (Lipinski definition) is 3. The second kappa shape index (κ2) is 5.91. The highest BCUT2D eigenvalue weighted by Gasteiger charge is 2.23.